The number of hydrogen-bond acceptors (Lipinski definition) is 0. The predicted octanol–water partition coefficient (Wildman–Crippen LogP) is 6.98. The molecule has 148 valence electrons. The summed E-state index contributed by atoms with van der Waals surface area (Å²) in [7, 11) is 0. The maximum Gasteiger partial charge on any atom is -0.00174 e. The van der Waals surface area contributed by atoms with Crippen molar-refractivity contribution in [2.24, 2.45) is 0 Å². The lowest BCUT2D eigenvalue weighted by Crippen LogP contribution is -2.08. The van der Waals surface area contributed by atoms with Crippen LogP contribution >= 0.6 is 0 Å². The molecule has 0 bridgehead atoms. The summed E-state index contributed by atoms with van der Waals surface area (Å²) in [5.74, 6) is 0. The summed E-state index contributed by atoms with van der Waals surface area (Å²) < 4.78 is 0. The van der Waals surface area contributed by atoms with Crippen LogP contribution in [0.4, 0.5) is 0 Å². The van der Waals surface area contributed by atoms with E-state index < -0.39 is 0 Å². The SMILES string of the molecule is Cc1ccc2c(c1)Cc1ccccc1C2.Cc1cccc2c1Cc1ccccc1C2. The standard InChI is InChI=1S/2C15H14/c1-11-5-4-8-14-9-12-6-2-3-7-13(12)10-15(11)14;1-11-6-7-14-9-12-4-2-3-5-13(12)10-15(14)8-11/h2*2-8H,9-10H2,1H3. The molecule has 4 aromatic carbocycles. The molecular weight excluding hydrogens is 360 g/mol. The van der Waals surface area contributed by atoms with E-state index in [0.29, 0.717) is 0 Å². The summed E-state index contributed by atoms with van der Waals surface area (Å²) in [4.78, 5) is 0. The zero-order chi connectivity index (χ0) is 20.5. The zero-order valence-electron chi connectivity index (χ0n) is 17.9. The highest BCUT2D eigenvalue weighted by atomic mass is 14.2. The van der Waals surface area contributed by atoms with Gasteiger partial charge in [-0.15, -0.1) is 0 Å². The van der Waals surface area contributed by atoms with Crippen molar-refractivity contribution in [3.05, 3.63) is 141 Å². The number of hydrogen-bond donors (Lipinski definition) is 0. The molecule has 4 aromatic rings. The first-order valence-corrected chi connectivity index (χ1v) is 11.0. The van der Waals surface area contributed by atoms with Gasteiger partial charge in [0.1, 0.15) is 0 Å². The van der Waals surface area contributed by atoms with Crippen LogP contribution < -0.4 is 0 Å². The van der Waals surface area contributed by atoms with Gasteiger partial charge in [-0.25, -0.2) is 0 Å². The van der Waals surface area contributed by atoms with Gasteiger partial charge in [-0.05, 0) is 89.6 Å². The second-order valence-electron chi connectivity index (χ2n) is 8.73. The highest BCUT2D eigenvalue weighted by Gasteiger charge is 2.15. The Morgan fingerprint density at radius 2 is 0.933 bits per heavy atom. The van der Waals surface area contributed by atoms with Gasteiger partial charge in [-0.3, -0.25) is 0 Å². The van der Waals surface area contributed by atoms with Gasteiger partial charge in [0.15, 0.2) is 0 Å². The van der Waals surface area contributed by atoms with Crippen molar-refractivity contribution in [2.45, 2.75) is 39.5 Å². The molecule has 0 heterocycles. The van der Waals surface area contributed by atoms with Crippen molar-refractivity contribution in [1.82, 2.24) is 0 Å². The Morgan fingerprint density at radius 1 is 0.433 bits per heavy atom. The lowest BCUT2D eigenvalue weighted by atomic mass is 9.84. The van der Waals surface area contributed by atoms with Gasteiger partial charge >= 0.3 is 0 Å². The molecule has 6 rings (SSSR count). The second kappa shape index (κ2) is 7.95. The topological polar surface area (TPSA) is 0 Å². The lowest BCUT2D eigenvalue weighted by Gasteiger charge is -2.21. The fourth-order valence-corrected chi connectivity index (χ4v) is 4.88. The minimum atomic E-state index is 1.10. The summed E-state index contributed by atoms with van der Waals surface area (Å²) in [6.45, 7) is 4.38. The Balaban J connectivity index is 0.000000128. The monoisotopic (exact) mass is 388 g/mol. The van der Waals surface area contributed by atoms with Crippen LogP contribution in [0.1, 0.15) is 55.6 Å². The van der Waals surface area contributed by atoms with Crippen molar-refractivity contribution >= 4 is 0 Å². The summed E-state index contributed by atoms with van der Waals surface area (Å²) in [5.41, 5.74) is 14.8. The predicted molar refractivity (Wildman–Crippen MR) is 126 cm³/mol. The van der Waals surface area contributed by atoms with E-state index in [4.69, 9.17) is 0 Å². The Labute approximate surface area is 180 Å². The molecule has 30 heavy (non-hydrogen) atoms. The number of aryl methyl sites for hydroxylation is 2. The van der Waals surface area contributed by atoms with Crippen LogP contribution in [0.5, 0.6) is 0 Å². The third-order valence-corrected chi connectivity index (χ3v) is 6.62. The zero-order valence-corrected chi connectivity index (χ0v) is 17.9. The van der Waals surface area contributed by atoms with Gasteiger partial charge in [-0.2, -0.15) is 0 Å². The van der Waals surface area contributed by atoms with Crippen LogP contribution in [0.15, 0.2) is 84.9 Å². The van der Waals surface area contributed by atoms with E-state index in [1.165, 1.54) is 55.6 Å². The Hall–Kier alpha value is -3.12. The number of rotatable bonds is 0. The molecule has 0 amide bonds. The molecule has 2 aliphatic rings. The van der Waals surface area contributed by atoms with Gasteiger partial charge in [0.05, 0.1) is 0 Å². The summed E-state index contributed by atoms with van der Waals surface area (Å²) in [6, 6.07) is 31.0. The van der Waals surface area contributed by atoms with E-state index in [2.05, 4.69) is 98.8 Å². The van der Waals surface area contributed by atoms with Gasteiger partial charge in [0.25, 0.3) is 0 Å². The van der Waals surface area contributed by atoms with Crippen LogP contribution in [-0.4, -0.2) is 0 Å². The Kier molecular flexibility index (Phi) is 5.01. The lowest BCUT2D eigenvalue weighted by molar-refractivity contribution is 0.986. The van der Waals surface area contributed by atoms with Crippen molar-refractivity contribution in [2.75, 3.05) is 0 Å². The molecule has 0 saturated carbocycles. The average Bonchev–Trinajstić information content (AvgIpc) is 2.77. The quantitative estimate of drug-likeness (QED) is 0.263. The van der Waals surface area contributed by atoms with Gasteiger partial charge in [0.2, 0.25) is 0 Å². The van der Waals surface area contributed by atoms with Crippen molar-refractivity contribution in [3.63, 3.8) is 0 Å². The van der Waals surface area contributed by atoms with Crippen LogP contribution in [0.3, 0.4) is 0 Å². The van der Waals surface area contributed by atoms with Crippen LogP contribution in [0.2, 0.25) is 0 Å². The molecule has 0 N–H and O–H groups in total. The molecule has 0 saturated heterocycles. The highest BCUT2D eigenvalue weighted by molar-refractivity contribution is 5.48. The van der Waals surface area contributed by atoms with Crippen molar-refractivity contribution in [1.29, 1.82) is 0 Å². The molecule has 0 radical (unpaired) electrons. The molecule has 0 nitrogen and oxygen atoms in total. The maximum atomic E-state index is 2.32. The molecule has 0 aromatic heterocycles. The average molecular weight is 389 g/mol. The van der Waals surface area contributed by atoms with E-state index in [1.54, 1.807) is 0 Å². The van der Waals surface area contributed by atoms with Crippen molar-refractivity contribution in [3.8, 4) is 0 Å². The van der Waals surface area contributed by atoms with E-state index in [0.717, 1.165) is 25.7 Å². The molecular formula is C30H28. The van der Waals surface area contributed by atoms with Crippen LogP contribution in [-0.2, 0) is 25.7 Å². The van der Waals surface area contributed by atoms with Crippen LogP contribution in [0, 0.1) is 13.8 Å². The minimum absolute atomic E-state index is 1.10. The summed E-state index contributed by atoms with van der Waals surface area (Å²) >= 11 is 0. The smallest absolute Gasteiger partial charge is 0.00174 e. The third-order valence-electron chi connectivity index (χ3n) is 6.62. The number of benzene rings is 4. The molecule has 0 unspecified atom stereocenters. The first-order valence-electron chi connectivity index (χ1n) is 11.0. The van der Waals surface area contributed by atoms with Gasteiger partial charge in [0, 0.05) is 0 Å². The fourth-order valence-electron chi connectivity index (χ4n) is 4.88. The third kappa shape index (κ3) is 3.71. The molecule has 2 aliphatic carbocycles. The molecule has 0 atom stereocenters. The second-order valence-corrected chi connectivity index (χ2v) is 8.73. The number of fused-ring (bicyclic) bond motifs is 4. The normalized spacial score (nSPS) is 13.1. The van der Waals surface area contributed by atoms with E-state index in [1.807, 2.05) is 0 Å². The molecule has 0 fully saturated rings. The Morgan fingerprint density at radius 3 is 1.60 bits per heavy atom. The Bertz CT molecular complexity index is 1200. The summed E-state index contributed by atoms with van der Waals surface area (Å²) in [6.07, 6.45) is 4.42. The van der Waals surface area contributed by atoms with Crippen molar-refractivity contribution < 1.29 is 0 Å². The van der Waals surface area contributed by atoms with Gasteiger partial charge in [-0.1, -0.05) is 90.5 Å². The van der Waals surface area contributed by atoms with Crippen LogP contribution in [0.25, 0.3) is 0 Å². The molecule has 0 spiro atoms. The largest absolute Gasteiger partial charge is 0.0620 e. The molecule has 0 heteroatoms. The van der Waals surface area contributed by atoms with E-state index >= 15 is 0 Å². The fraction of sp³-hybridized carbons (Fsp3) is 0.200. The summed E-state index contributed by atoms with van der Waals surface area (Å²) in [5, 5.41) is 0. The first-order chi connectivity index (χ1) is 14.7. The van der Waals surface area contributed by atoms with E-state index in [9.17, 15) is 0 Å². The first kappa shape index (κ1) is 18.9. The highest BCUT2D eigenvalue weighted by Crippen LogP contribution is 2.29. The minimum Gasteiger partial charge on any atom is -0.0620 e. The molecule has 0 aliphatic heterocycles. The van der Waals surface area contributed by atoms with E-state index in [-0.39, 0.29) is 0 Å². The maximum absolute atomic E-state index is 2.32. The van der Waals surface area contributed by atoms with Gasteiger partial charge < -0.3 is 0 Å².